The molecule has 4 heteroatoms. The lowest BCUT2D eigenvalue weighted by atomic mass is 10.00. The zero-order valence-corrected chi connectivity index (χ0v) is 10.4. The lowest BCUT2D eigenvalue weighted by Gasteiger charge is -2.16. The summed E-state index contributed by atoms with van der Waals surface area (Å²) in [6.45, 7) is 2.91. The van der Waals surface area contributed by atoms with Crippen LogP contribution in [0.5, 0.6) is 0 Å². The van der Waals surface area contributed by atoms with Crippen molar-refractivity contribution in [2.24, 2.45) is 0 Å². The second-order valence-electron chi connectivity index (χ2n) is 4.55. The highest BCUT2D eigenvalue weighted by molar-refractivity contribution is 6.57. The van der Waals surface area contributed by atoms with Crippen LogP contribution in [0.4, 0.5) is 4.79 Å². The van der Waals surface area contributed by atoms with E-state index in [4.69, 9.17) is 4.74 Å². The Morgan fingerprint density at radius 3 is 2.53 bits per heavy atom. The third-order valence-electron chi connectivity index (χ3n) is 3.08. The molecule has 17 heavy (non-hydrogen) atoms. The third-order valence-corrected chi connectivity index (χ3v) is 3.08. The normalized spacial score (nSPS) is 19.7. The van der Waals surface area contributed by atoms with Crippen LogP contribution < -0.4 is 5.32 Å². The molecule has 0 bridgehead atoms. The Morgan fingerprint density at radius 1 is 1.47 bits per heavy atom. The minimum atomic E-state index is 0.00989. The molecule has 1 aromatic carbocycles. The monoisotopic (exact) mass is 231 g/mol. The Labute approximate surface area is 103 Å². The molecule has 1 saturated heterocycles. The summed E-state index contributed by atoms with van der Waals surface area (Å²) in [5, 5.41) is 2.95. The summed E-state index contributed by atoms with van der Waals surface area (Å²) in [4.78, 5) is 11.1. The van der Waals surface area contributed by atoms with Crippen molar-refractivity contribution in [2.45, 2.75) is 31.9 Å². The number of carbonyl (C=O) groups excluding carboxylic acids is 1. The zero-order valence-electron chi connectivity index (χ0n) is 10.4. The van der Waals surface area contributed by atoms with Gasteiger partial charge in [0.15, 0.2) is 5.81 Å². The van der Waals surface area contributed by atoms with Crippen LogP contribution in [-0.4, -0.2) is 32.4 Å². The molecular formula is C13H18BNO2. The molecular weight excluding hydrogens is 213 g/mol. The lowest BCUT2D eigenvalue weighted by molar-refractivity contribution is 0.251. The van der Waals surface area contributed by atoms with Crippen molar-refractivity contribution >= 4 is 13.7 Å². The van der Waals surface area contributed by atoms with Gasteiger partial charge >= 0.3 is 0 Å². The number of ether oxygens (including phenoxy) is 1. The maximum Gasteiger partial charge on any atom is 0.215 e. The number of rotatable bonds is 5. The van der Waals surface area contributed by atoms with E-state index in [0.29, 0.717) is 0 Å². The molecule has 1 aromatic rings. The third kappa shape index (κ3) is 3.60. The highest BCUT2D eigenvalue weighted by Gasteiger charge is 2.33. The van der Waals surface area contributed by atoms with Crippen molar-refractivity contribution < 1.29 is 9.53 Å². The largest absolute Gasteiger partial charge is 0.371 e. The molecule has 1 aliphatic rings. The first-order valence-corrected chi connectivity index (χ1v) is 6.15. The number of nitrogens with one attached hydrogen (secondary N) is 1. The van der Waals surface area contributed by atoms with Gasteiger partial charge in [-0.15, -0.1) is 0 Å². The Bertz CT molecular complexity index is 387. The fraction of sp³-hybridized carbons (Fsp3) is 0.462. The molecule has 0 radical (unpaired) electrons. The summed E-state index contributed by atoms with van der Waals surface area (Å²) in [5.74, 6) is 0.00989. The molecule has 1 heterocycles. The van der Waals surface area contributed by atoms with Crippen molar-refractivity contribution in [1.82, 2.24) is 5.32 Å². The fourth-order valence-electron chi connectivity index (χ4n) is 1.99. The first kappa shape index (κ1) is 12.2. The average Bonchev–Trinajstić information content (AvgIpc) is 3.12. The van der Waals surface area contributed by atoms with E-state index in [2.05, 4.69) is 36.5 Å². The van der Waals surface area contributed by atoms with Crippen LogP contribution in [0.15, 0.2) is 24.3 Å². The molecule has 1 fully saturated rings. The highest BCUT2D eigenvalue weighted by atomic mass is 16.6. The predicted octanol–water partition coefficient (Wildman–Crippen LogP) is 0.902. The summed E-state index contributed by atoms with van der Waals surface area (Å²) in [5.41, 5.74) is 2.59. The van der Waals surface area contributed by atoms with Gasteiger partial charge in [-0.05, 0) is 24.0 Å². The zero-order chi connectivity index (χ0) is 12.3. The van der Waals surface area contributed by atoms with E-state index in [1.54, 1.807) is 7.85 Å². The summed E-state index contributed by atoms with van der Waals surface area (Å²) in [6, 6.07) is 8.67. The second kappa shape index (κ2) is 5.36. The average molecular weight is 231 g/mol. The van der Waals surface area contributed by atoms with Crippen LogP contribution in [-0.2, 0) is 17.6 Å². The first-order valence-electron chi connectivity index (χ1n) is 6.15. The van der Waals surface area contributed by atoms with Crippen LogP contribution in [0.25, 0.3) is 0 Å². The van der Waals surface area contributed by atoms with Crippen LogP contribution in [0.2, 0.25) is 0 Å². The Kier molecular flexibility index (Phi) is 3.84. The van der Waals surface area contributed by atoms with E-state index in [1.807, 2.05) is 0 Å². The van der Waals surface area contributed by atoms with Crippen LogP contribution in [0.3, 0.4) is 0 Å². The van der Waals surface area contributed by atoms with Gasteiger partial charge < -0.3 is 10.1 Å². The first-order chi connectivity index (χ1) is 8.19. The molecule has 0 aromatic heterocycles. The number of carbonyl (C=O) groups is 1. The van der Waals surface area contributed by atoms with Crippen molar-refractivity contribution in [1.29, 1.82) is 0 Å². The molecule has 90 valence electrons. The number of aryl methyl sites for hydroxylation is 1. The molecule has 1 amide bonds. The van der Waals surface area contributed by atoms with Crippen molar-refractivity contribution in [3.05, 3.63) is 35.4 Å². The van der Waals surface area contributed by atoms with Crippen LogP contribution >= 0.6 is 0 Å². The van der Waals surface area contributed by atoms with Gasteiger partial charge in [0, 0.05) is 0 Å². The van der Waals surface area contributed by atoms with E-state index >= 15 is 0 Å². The van der Waals surface area contributed by atoms with Gasteiger partial charge in [0.25, 0.3) is 0 Å². The Hall–Kier alpha value is -1.29. The van der Waals surface area contributed by atoms with E-state index in [0.717, 1.165) is 19.4 Å². The lowest BCUT2D eigenvalue weighted by Crippen LogP contribution is -2.39. The summed E-state index contributed by atoms with van der Waals surface area (Å²) >= 11 is 0. The molecule has 1 unspecified atom stereocenters. The van der Waals surface area contributed by atoms with E-state index in [-0.39, 0.29) is 18.0 Å². The van der Waals surface area contributed by atoms with Gasteiger partial charge in [-0.2, -0.15) is 0 Å². The summed E-state index contributed by atoms with van der Waals surface area (Å²) in [7, 11) is 1.55. The Morgan fingerprint density at radius 2 is 2.06 bits per heavy atom. The number of hydrogen-bond acceptors (Lipinski definition) is 2. The van der Waals surface area contributed by atoms with Crippen molar-refractivity contribution in [3.63, 3.8) is 0 Å². The molecule has 2 atom stereocenters. The van der Waals surface area contributed by atoms with Crippen molar-refractivity contribution in [3.8, 4) is 0 Å². The number of hydrogen-bond donors (Lipinski definition) is 1. The molecule has 0 spiro atoms. The van der Waals surface area contributed by atoms with E-state index < -0.39 is 0 Å². The molecule has 1 aliphatic heterocycles. The van der Waals surface area contributed by atoms with E-state index in [1.165, 1.54) is 11.1 Å². The smallest absolute Gasteiger partial charge is 0.215 e. The maximum atomic E-state index is 11.1. The van der Waals surface area contributed by atoms with Crippen LogP contribution in [0, 0.1) is 0 Å². The van der Waals surface area contributed by atoms with Gasteiger partial charge in [0.1, 0.15) is 6.10 Å². The molecule has 0 aliphatic carbocycles. The van der Waals surface area contributed by atoms with Gasteiger partial charge in [-0.25, -0.2) is 0 Å². The fourth-order valence-corrected chi connectivity index (χ4v) is 1.99. The van der Waals surface area contributed by atoms with Gasteiger partial charge in [0.2, 0.25) is 7.85 Å². The molecule has 2 rings (SSSR count). The highest BCUT2D eigenvalue weighted by Crippen LogP contribution is 2.18. The quantitative estimate of drug-likeness (QED) is 0.604. The SMILES string of the molecule is BC(=O)NC(Cc1ccc(CC)cc1)[C@H]1CO1. The predicted molar refractivity (Wildman–Crippen MR) is 70.1 cm³/mol. The number of amides is 1. The number of benzene rings is 1. The van der Waals surface area contributed by atoms with Gasteiger partial charge in [0.05, 0.1) is 12.6 Å². The van der Waals surface area contributed by atoms with Gasteiger partial charge in [-0.3, -0.25) is 4.79 Å². The van der Waals surface area contributed by atoms with Crippen LogP contribution in [0.1, 0.15) is 18.1 Å². The van der Waals surface area contributed by atoms with Crippen molar-refractivity contribution in [2.75, 3.05) is 6.61 Å². The summed E-state index contributed by atoms with van der Waals surface area (Å²) < 4.78 is 5.27. The Balaban J connectivity index is 1.98. The molecule has 3 nitrogen and oxygen atoms in total. The molecule has 1 N–H and O–H groups in total. The van der Waals surface area contributed by atoms with E-state index in [9.17, 15) is 4.79 Å². The minimum absolute atomic E-state index is 0.00989. The second-order valence-corrected chi connectivity index (χ2v) is 4.55. The molecule has 0 saturated carbocycles. The maximum absolute atomic E-state index is 11.1. The standard InChI is InChI=1S/C13H18BNO2/c1-2-9-3-5-10(6-4-9)7-11(12-8-17-12)15-13(14)16/h3-6,11-12H,2,7-8,14H2,1H3,(H,15,16)/t11?,12-/m1/s1. The topological polar surface area (TPSA) is 41.6 Å². The number of epoxide rings is 1. The van der Waals surface area contributed by atoms with Gasteiger partial charge in [-0.1, -0.05) is 31.2 Å². The minimum Gasteiger partial charge on any atom is -0.371 e. The summed E-state index contributed by atoms with van der Waals surface area (Å²) in [6.07, 6.45) is 2.10.